The van der Waals surface area contributed by atoms with Crippen LogP contribution in [0.5, 0.6) is 0 Å². The molecule has 0 unspecified atom stereocenters. The van der Waals surface area contributed by atoms with Crippen LogP contribution in [0.15, 0.2) is 126 Å². The van der Waals surface area contributed by atoms with Gasteiger partial charge in [0, 0.05) is 12.7 Å². The van der Waals surface area contributed by atoms with E-state index in [-0.39, 0.29) is 38.7 Å². The molecule has 4 aromatic rings. The van der Waals surface area contributed by atoms with E-state index >= 15 is 0 Å². The summed E-state index contributed by atoms with van der Waals surface area (Å²) >= 11 is 0. The lowest BCUT2D eigenvalue weighted by Crippen LogP contribution is -2.64. The van der Waals surface area contributed by atoms with Crippen molar-refractivity contribution >= 4 is 17.7 Å². The zero-order valence-electron chi connectivity index (χ0n) is 38.1. The summed E-state index contributed by atoms with van der Waals surface area (Å²) in [4.78, 5) is 32.6. The standard InChI is InChI=1S/C51H61NO13/c1-50(2,3)48(53)64-42-39(52-65-49(54)51(4,5)6)46(61-38-32-59-45(63-41(38)42)36-26-18-11-19-27-36)60-31-37-40(56-28-33-20-12-8-13-21-33)43(57-29-34-22-14-9-15-23-34)44(47(55-7)62-37)58-30-35-24-16-10-17-25-35/h8-27,37-38,40-47H,28-32H2,1-7H3/b52-39-/t37-,38-,40-,41-,42-,43+,44-,45-,46+,47+/m1/s1. The van der Waals surface area contributed by atoms with Crippen molar-refractivity contribution in [3.63, 3.8) is 0 Å². The van der Waals surface area contributed by atoms with E-state index in [9.17, 15) is 9.59 Å². The molecule has 3 aliphatic rings. The van der Waals surface area contributed by atoms with Crippen molar-refractivity contribution in [3.8, 4) is 0 Å². The van der Waals surface area contributed by atoms with Gasteiger partial charge in [0.1, 0.15) is 36.6 Å². The smallest absolute Gasteiger partial charge is 0.340 e. The summed E-state index contributed by atoms with van der Waals surface area (Å²) in [6, 6.07) is 38.8. The van der Waals surface area contributed by atoms with Crippen LogP contribution in [0.2, 0.25) is 0 Å². The van der Waals surface area contributed by atoms with Gasteiger partial charge in [-0.3, -0.25) is 4.79 Å². The summed E-state index contributed by atoms with van der Waals surface area (Å²) in [5.74, 6) is -1.18. The predicted octanol–water partition coefficient (Wildman–Crippen LogP) is 7.87. The van der Waals surface area contributed by atoms with Crippen molar-refractivity contribution in [2.24, 2.45) is 16.0 Å². The molecule has 4 aromatic carbocycles. The van der Waals surface area contributed by atoms with Gasteiger partial charge in [0.2, 0.25) is 6.29 Å². The van der Waals surface area contributed by atoms with E-state index in [0.717, 1.165) is 22.3 Å². The Labute approximate surface area is 381 Å². The van der Waals surface area contributed by atoms with Gasteiger partial charge in [-0.15, -0.1) is 0 Å². The van der Waals surface area contributed by atoms with E-state index in [1.54, 1.807) is 48.7 Å². The molecule has 0 aromatic heterocycles. The van der Waals surface area contributed by atoms with Crippen LogP contribution in [-0.2, 0) is 81.6 Å². The highest BCUT2D eigenvalue weighted by Gasteiger charge is 2.54. The van der Waals surface area contributed by atoms with Gasteiger partial charge in [-0.2, -0.15) is 0 Å². The largest absolute Gasteiger partial charge is 0.453 e. The lowest BCUT2D eigenvalue weighted by Gasteiger charge is -2.47. The van der Waals surface area contributed by atoms with Gasteiger partial charge in [0.05, 0.1) is 43.9 Å². The molecule has 3 heterocycles. The minimum Gasteiger partial charge on any atom is -0.453 e. The number of carbonyl (C=O) groups excluding carboxylic acids is 2. The number of carbonyl (C=O) groups is 2. The highest BCUT2D eigenvalue weighted by atomic mass is 16.8. The van der Waals surface area contributed by atoms with Gasteiger partial charge in [0.15, 0.2) is 24.4 Å². The number of benzene rings is 4. The van der Waals surface area contributed by atoms with Gasteiger partial charge < -0.3 is 52.2 Å². The third kappa shape index (κ3) is 12.7. The highest BCUT2D eigenvalue weighted by Crippen LogP contribution is 2.37. The summed E-state index contributed by atoms with van der Waals surface area (Å²) in [7, 11) is 1.54. The monoisotopic (exact) mass is 895 g/mol. The Morgan fingerprint density at radius 3 is 1.65 bits per heavy atom. The Morgan fingerprint density at radius 1 is 0.615 bits per heavy atom. The maximum atomic E-state index is 13.8. The van der Waals surface area contributed by atoms with Gasteiger partial charge in [-0.25, -0.2) is 4.79 Å². The van der Waals surface area contributed by atoms with E-state index < -0.39 is 84.4 Å². The zero-order chi connectivity index (χ0) is 46.0. The number of methoxy groups -OCH3 is 1. The molecule has 348 valence electrons. The Morgan fingerprint density at radius 2 is 1.12 bits per heavy atom. The SMILES string of the molecule is CO[C@H]1O[C@H](CO[C@H]2O[C@@H]3CO[C@@H](c4ccccc4)O[C@H]3[C@H](OC(=O)C(C)(C)C)/C2=N/OC(=O)C(C)(C)C)[C@@H](OCc2ccccc2)[C@H](OCc2ccccc2)[C@H]1OCc1ccccc1. The van der Waals surface area contributed by atoms with E-state index in [0.29, 0.717) is 0 Å². The van der Waals surface area contributed by atoms with Crippen LogP contribution in [0.3, 0.4) is 0 Å². The number of hydrogen-bond acceptors (Lipinski definition) is 14. The molecule has 65 heavy (non-hydrogen) atoms. The van der Waals surface area contributed by atoms with E-state index in [4.69, 9.17) is 52.2 Å². The molecule has 14 heteroatoms. The first kappa shape index (κ1) is 48.1. The van der Waals surface area contributed by atoms with Crippen LogP contribution in [0.1, 0.15) is 70.1 Å². The molecule has 0 saturated carbocycles. The fraction of sp³-hybridized carbons (Fsp3) is 0.471. The second kappa shape index (κ2) is 22.1. The van der Waals surface area contributed by atoms with E-state index in [2.05, 4.69) is 5.16 Å². The highest BCUT2D eigenvalue weighted by molar-refractivity contribution is 5.95. The predicted molar refractivity (Wildman–Crippen MR) is 238 cm³/mol. The third-order valence-corrected chi connectivity index (χ3v) is 11.0. The molecule has 3 fully saturated rings. The second-order valence-electron chi connectivity index (χ2n) is 18.3. The van der Waals surface area contributed by atoms with Crippen LogP contribution < -0.4 is 0 Å². The average Bonchev–Trinajstić information content (AvgIpc) is 3.31. The minimum atomic E-state index is -1.35. The lowest BCUT2D eigenvalue weighted by molar-refractivity contribution is -0.334. The van der Waals surface area contributed by atoms with Crippen molar-refractivity contribution in [1.29, 1.82) is 0 Å². The molecular formula is C51H61NO13. The maximum absolute atomic E-state index is 13.8. The Bertz CT molecular complexity index is 2130. The van der Waals surface area contributed by atoms with Gasteiger partial charge >= 0.3 is 11.9 Å². The molecule has 0 amide bonds. The summed E-state index contributed by atoms with van der Waals surface area (Å²) in [5, 5.41) is 4.35. The number of esters is 1. The Hall–Kier alpha value is -4.87. The molecule has 3 aliphatic heterocycles. The number of nitrogens with zero attached hydrogens (tertiary/aromatic N) is 1. The molecule has 0 spiro atoms. The molecule has 0 radical (unpaired) electrons. The molecule has 14 nitrogen and oxygen atoms in total. The Kier molecular flexibility index (Phi) is 16.3. The first-order valence-corrected chi connectivity index (χ1v) is 22.0. The van der Waals surface area contributed by atoms with Gasteiger partial charge in [-0.05, 0) is 58.2 Å². The molecule has 0 bridgehead atoms. The van der Waals surface area contributed by atoms with Crippen molar-refractivity contribution < 1.29 is 61.8 Å². The Balaban J connectivity index is 1.22. The molecule has 7 rings (SSSR count). The van der Waals surface area contributed by atoms with E-state index in [1.807, 2.05) is 121 Å². The summed E-state index contributed by atoms with van der Waals surface area (Å²) in [6.45, 7) is 10.9. The van der Waals surface area contributed by atoms with Crippen molar-refractivity contribution in [2.75, 3.05) is 20.3 Å². The number of fused-ring (bicyclic) bond motifs is 1. The summed E-state index contributed by atoms with van der Waals surface area (Å²) in [6.07, 6.45) is -9.23. The van der Waals surface area contributed by atoms with Crippen LogP contribution in [0.25, 0.3) is 0 Å². The molecular weight excluding hydrogens is 835 g/mol. The van der Waals surface area contributed by atoms with E-state index in [1.165, 1.54) is 0 Å². The van der Waals surface area contributed by atoms with Gasteiger partial charge in [-0.1, -0.05) is 126 Å². The second-order valence-corrected chi connectivity index (χ2v) is 18.3. The maximum Gasteiger partial charge on any atom is 0.340 e. The van der Waals surface area contributed by atoms with Crippen LogP contribution >= 0.6 is 0 Å². The quantitative estimate of drug-likeness (QED) is 0.0611. The fourth-order valence-corrected chi connectivity index (χ4v) is 7.37. The first-order chi connectivity index (χ1) is 31.3. The molecule has 0 N–H and O–H groups in total. The zero-order valence-corrected chi connectivity index (χ0v) is 38.1. The van der Waals surface area contributed by atoms with Crippen molar-refractivity contribution in [1.82, 2.24) is 0 Å². The molecule has 10 atom stereocenters. The van der Waals surface area contributed by atoms with Gasteiger partial charge in [0.25, 0.3) is 0 Å². The van der Waals surface area contributed by atoms with Crippen LogP contribution in [0, 0.1) is 10.8 Å². The summed E-state index contributed by atoms with van der Waals surface area (Å²) < 4.78 is 65.1. The molecule has 3 saturated heterocycles. The molecule has 0 aliphatic carbocycles. The number of ether oxygens (including phenoxy) is 10. The average molecular weight is 896 g/mol. The fourth-order valence-electron chi connectivity index (χ4n) is 7.37. The lowest BCUT2D eigenvalue weighted by atomic mass is 9.95. The third-order valence-electron chi connectivity index (χ3n) is 11.0. The first-order valence-electron chi connectivity index (χ1n) is 22.0. The number of hydrogen-bond donors (Lipinski definition) is 0. The number of rotatable bonds is 16. The summed E-state index contributed by atoms with van der Waals surface area (Å²) in [5.41, 5.74) is 1.70. The van der Waals surface area contributed by atoms with Crippen LogP contribution in [0.4, 0.5) is 0 Å². The number of oxime groups is 1. The van der Waals surface area contributed by atoms with Crippen molar-refractivity contribution in [2.45, 2.75) is 123 Å². The minimum absolute atomic E-state index is 0.0306. The normalized spacial score (nSPS) is 27.7. The van der Waals surface area contributed by atoms with Crippen LogP contribution in [-0.4, -0.2) is 93.3 Å². The topological polar surface area (TPSA) is 148 Å². The van der Waals surface area contributed by atoms with Crippen molar-refractivity contribution in [3.05, 3.63) is 144 Å².